The predicted octanol–water partition coefficient (Wildman–Crippen LogP) is 6.87. The van der Waals surface area contributed by atoms with Gasteiger partial charge < -0.3 is 14.7 Å². The van der Waals surface area contributed by atoms with E-state index in [1.54, 1.807) is 11.0 Å². The highest BCUT2D eigenvalue weighted by Gasteiger charge is 2.42. The maximum absolute atomic E-state index is 13.4. The van der Waals surface area contributed by atoms with Gasteiger partial charge in [-0.3, -0.25) is 9.59 Å². The van der Waals surface area contributed by atoms with E-state index >= 15 is 0 Å². The van der Waals surface area contributed by atoms with Crippen LogP contribution in [0.3, 0.4) is 0 Å². The van der Waals surface area contributed by atoms with Crippen molar-refractivity contribution >= 4 is 17.8 Å². The standard InChI is InChI=1S/C33H35NO4/c1-2-3-4-11-24-38-28-19-17-27(18-20-28)31-30(29(35)21-16-25-12-7-5-8-13-25)32(36)33(37)34(31)23-22-26-14-9-6-10-15-26/h5-10,12-21,31,36H,2-4,11,22-24H2,1H3/b21-16+. The van der Waals surface area contributed by atoms with Gasteiger partial charge in [-0.05, 0) is 47.7 Å². The molecule has 4 rings (SSSR count). The van der Waals surface area contributed by atoms with Crippen LogP contribution in [-0.2, 0) is 16.0 Å². The van der Waals surface area contributed by atoms with E-state index < -0.39 is 17.7 Å². The Morgan fingerprint density at radius 3 is 2.29 bits per heavy atom. The molecule has 0 bridgehead atoms. The van der Waals surface area contributed by atoms with Gasteiger partial charge in [-0.25, -0.2) is 0 Å². The molecule has 1 heterocycles. The third-order valence-corrected chi connectivity index (χ3v) is 6.74. The fourth-order valence-electron chi connectivity index (χ4n) is 4.67. The minimum Gasteiger partial charge on any atom is -0.503 e. The molecule has 3 aromatic rings. The van der Waals surface area contributed by atoms with Gasteiger partial charge in [0, 0.05) is 6.54 Å². The van der Waals surface area contributed by atoms with E-state index in [-0.39, 0.29) is 11.4 Å². The van der Waals surface area contributed by atoms with E-state index in [1.807, 2.05) is 84.9 Å². The molecule has 1 unspecified atom stereocenters. The largest absolute Gasteiger partial charge is 0.503 e. The molecule has 0 spiro atoms. The van der Waals surface area contributed by atoms with Crippen LogP contribution in [0.15, 0.2) is 102 Å². The second-order valence-corrected chi connectivity index (χ2v) is 9.49. The van der Waals surface area contributed by atoms with Crippen LogP contribution in [0.2, 0.25) is 0 Å². The summed E-state index contributed by atoms with van der Waals surface area (Å²) in [5.41, 5.74) is 2.80. The second kappa shape index (κ2) is 13.4. The van der Waals surface area contributed by atoms with Crippen LogP contribution in [0.25, 0.3) is 6.08 Å². The van der Waals surface area contributed by atoms with Gasteiger partial charge in [-0.2, -0.15) is 0 Å². The van der Waals surface area contributed by atoms with E-state index in [0.29, 0.717) is 19.6 Å². The summed E-state index contributed by atoms with van der Waals surface area (Å²) in [6, 6.07) is 26.1. The fourth-order valence-corrected chi connectivity index (χ4v) is 4.67. The quantitative estimate of drug-likeness (QED) is 0.202. The lowest BCUT2D eigenvalue weighted by Crippen LogP contribution is -2.33. The summed E-state index contributed by atoms with van der Waals surface area (Å²) in [5, 5.41) is 10.9. The molecule has 196 valence electrons. The Bertz CT molecular complexity index is 1260. The average Bonchev–Trinajstić information content (AvgIpc) is 3.21. The molecule has 1 aliphatic heterocycles. The smallest absolute Gasteiger partial charge is 0.290 e. The van der Waals surface area contributed by atoms with Gasteiger partial charge in [0.25, 0.3) is 5.91 Å². The van der Waals surface area contributed by atoms with Crippen LogP contribution in [0.1, 0.15) is 55.3 Å². The number of aliphatic hydroxyl groups is 1. The number of hydrogen-bond donors (Lipinski definition) is 1. The van der Waals surface area contributed by atoms with Crippen molar-refractivity contribution in [2.24, 2.45) is 0 Å². The van der Waals surface area contributed by atoms with Gasteiger partial charge in [0.1, 0.15) is 5.75 Å². The van der Waals surface area contributed by atoms with Crippen molar-refractivity contribution in [3.8, 4) is 5.75 Å². The molecule has 5 nitrogen and oxygen atoms in total. The van der Waals surface area contributed by atoms with Crippen LogP contribution < -0.4 is 4.74 Å². The number of carbonyl (C=O) groups is 2. The molecular weight excluding hydrogens is 474 g/mol. The van der Waals surface area contributed by atoms with Crippen molar-refractivity contribution in [2.45, 2.75) is 45.1 Å². The van der Waals surface area contributed by atoms with E-state index in [4.69, 9.17) is 4.74 Å². The number of allylic oxidation sites excluding steroid dienone is 1. The second-order valence-electron chi connectivity index (χ2n) is 9.49. The minimum absolute atomic E-state index is 0.100. The number of amides is 1. The lowest BCUT2D eigenvalue weighted by atomic mass is 9.95. The number of rotatable bonds is 13. The van der Waals surface area contributed by atoms with Gasteiger partial charge in [-0.15, -0.1) is 0 Å². The fraction of sp³-hybridized carbons (Fsp3) is 0.273. The number of benzene rings is 3. The van der Waals surface area contributed by atoms with Crippen LogP contribution in [0.5, 0.6) is 5.75 Å². The van der Waals surface area contributed by atoms with Gasteiger partial charge >= 0.3 is 0 Å². The van der Waals surface area contributed by atoms with Gasteiger partial charge in [0.05, 0.1) is 18.2 Å². The molecule has 38 heavy (non-hydrogen) atoms. The molecule has 0 radical (unpaired) electrons. The monoisotopic (exact) mass is 509 g/mol. The molecule has 0 saturated carbocycles. The Morgan fingerprint density at radius 2 is 1.61 bits per heavy atom. The Morgan fingerprint density at radius 1 is 0.921 bits per heavy atom. The number of nitrogens with zero attached hydrogens (tertiary/aromatic N) is 1. The molecule has 1 atom stereocenters. The molecule has 0 aliphatic carbocycles. The number of ketones is 1. The molecule has 1 aliphatic rings. The Kier molecular flexibility index (Phi) is 9.52. The molecule has 0 saturated heterocycles. The summed E-state index contributed by atoms with van der Waals surface area (Å²) in [6.45, 7) is 3.20. The van der Waals surface area contributed by atoms with Gasteiger partial charge in [-0.1, -0.05) is 105 Å². The van der Waals surface area contributed by atoms with Crippen molar-refractivity contribution in [3.63, 3.8) is 0 Å². The first-order valence-electron chi connectivity index (χ1n) is 13.4. The lowest BCUT2D eigenvalue weighted by Gasteiger charge is -2.27. The Labute approximate surface area is 225 Å². The van der Waals surface area contributed by atoms with Crippen molar-refractivity contribution in [1.29, 1.82) is 0 Å². The van der Waals surface area contributed by atoms with Crippen LogP contribution >= 0.6 is 0 Å². The molecule has 1 N–H and O–H groups in total. The lowest BCUT2D eigenvalue weighted by molar-refractivity contribution is -0.129. The third kappa shape index (κ3) is 6.80. The van der Waals surface area contributed by atoms with Crippen LogP contribution in [0.4, 0.5) is 0 Å². The number of carbonyl (C=O) groups excluding carboxylic acids is 2. The van der Waals surface area contributed by atoms with Gasteiger partial charge in [0.2, 0.25) is 0 Å². The summed E-state index contributed by atoms with van der Waals surface area (Å²) in [4.78, 5) is 28.2. The topological polar surface area (TPSA) is 66.8 Å². The van der Waals surface area contributed by atoms with E-state index in [0.717, 1.165) is 35.3 Å². The van der Waals surface area contributed by atoms with Crippen molar-refractivity contribution in [3.05, 3.63) is 119 Å². The number of ether oxygens (including phenoxy) is 1. The zero-order chi connectivity index (χ0) is 26.7. The van der Waals surface area contributed by atoms with E-state index in [9.17, 15) is 14.7 Å². The third-order valence-electron chi connectivity index (χ3n) is 6.74. The highest BCUT2D eigenvalue weighted by atomic mass is 16.5. The SMILES string of the molecule is CCCCCCOc1ccc(C2C(C(=O)/C=C/c3ccccc3)=C(O)C(=O)N2CCc2ccccc2)cc1. The summed E-state index contributed by atoms with van der Waals surface area (Å²) in [7, 11) is 0. The normalized spacial score (nSPS) is 15.4. The summed E-state index contributed by atoms with van der Waals surface area (Å²) < 4.78 is 5.89. The number of hydrogen-bond acceptors (Lipinski definition) is 4. The van der Waals surface area contributed by atoms with E-state index in [2.05, 4.69) is 6.92 Å². The highest BCUT2D eigenvalue weighted by Crippen LogP contribution is 2.38. The zero-order valence-corrected chi connectivity index (χ0v) is 21.9. The number of aliphatic hydroxyl groups excluding tert-OH is 1. The average molecular weight is 510 g/mol. The first kappa shape index (κ1) is 26.9. The molecule has 3 aromatic carbocycles. The molecular formula is C33H35NO4. The van der Waals surface area contributed by atoms with Crippen molar-refractivity contribution in [1.82, 2.24) is 4.90 Å². The minimum atomic E-state index is -0.683. The van der Waals surface area contributed by atoms with Crippen LogP contribution in [-0.4, -0.2) is 34.8 Å². The Balaban J connectivity index is 1.57. The first-order chi connectivity index (χ1) is 18.6. The summed E-state index contributed by atoms with van der Waals surface area (Å²) >= 11 is 0. The maximum atomic E-state index is 13.4. The molecule has 1 amide bonds. The zero-order valence-electron chi connectivity index (χ0n) is 21.9. The molecule has 5 heteroatoms. The predicted molar refractivity (Wildman–Crippen MR) is 151 cm³/mol. The maximum Gasteiger partial charge on any atom is 0.290 e. The summed E-state index contributed by atoms with van der Waals surface area (Å²) in [6.07, 6.45) is 8.25. The van der Waals surface area contributed by atoms with Gasteiger partial charge in [0.15, 0.2) is 11.5 Å². The van der Waals surface area contributed by atoms with Crippen molar-refractivity contribution in [2.75, 3.05) is 13.2 Å². The van der Waals surface area contributed by atoms with E-state index in [1.165, 1.54) is 18.9 Å². The first-order valence-corrected chi connectivity index (χ1v) is 13.4. The number of unbranched alkanes of at least 4 members (excludes halogenated alkanes) is 3. The highest BCUT2D eigenvalue weighted by molar-refractivity contribution is 6.14. The molecule has 0 aromatic heterocycles. The van der Waals surface area contributed by atoms with Crippen molar-refractivity contribution < 1.29 is 19.4 Å². The Hall–Kier alpha value is -4.12. The van der Waals surface area contributed by atoms with Crippen LogP contribution in [0, 0.1) is 0 Å². The summed E-state index contributed by atoms with van der Waals surface area (Å²) in [5.74, 6) is -0.653. The molecule has 0 fully saturated rings.